The lowest BCUT2D eigenvalue weighted by Gasteiger charge is -1.96. The average Bonchev–Trinajstić information content (AvgIpc) is 2.76. The standard InChI is InChI=1S/C11H13N3OS/c1-12-7-10-13-14-11(15-10)8-16-9-5-3-2-4-6-9/h2-6,12H,7-8H2,1H3. The Bertz CT molecular complexity index is 430. The Balaban J connectivity index is 1.89. The van der Waals surface area contributed by atoms with Crippen molar-refractivity contribution in [2.75, 3.05) is 7.05 Å². The highest BCUT2D eigenvalue weighted by molar-refractivity contribution is 7.98. The van der Waals surface area contributed by atoms with E-state index in [1.165, 1.54) is 4.90 Å². The quantitative estimate of drug-likeness (QED) is 0.804. The van der Waals surface area contributed by atoms with Crippen molar-refractivity contribution in [1.82, 2.24) is 15.5 Å². The Morgan fingerprint density at radius 2 is 1.94 bits per heavy atom. The van der Waals surface area contributed by atoms with E-state index in [0.717, 1.165) is 0 Å². The normalized spacial score (nSPS) is 10.6. The van der Waals surface area contributed by atoms with Crippen LogP contribution >= 0.6 is 11.8 Å². The zero-order valence-corrected chi connectivity index (χ0v) is 9.83. The van der Waals surface area contributed by atoms with Crippen LogP contribution < -0.4 is 5.32 Å². The predicted molar refractivity (Wildman–Crippen MR) is 63.1 cm³/mol. The summed E-state index contributed by atoms with van der Waals surface area (Å²) in [4.78, 5) is 1.20. The Morgan fingerprint density at radius 3 is 2.69 bits per heavy atom. The molecule has 0 unspecified atom stereocenters. The van der Waals surface area contributed by atoms with Crippen LogP contribution in [0.5, 0.6) is 0 Å². The van der Waals surface area contributed by atoms with Gasteiger partial charge in [0.05, 0.1) is 12.3 Å². The largest absolute Gasteiger partial charge is 0.423 e. The molecule has 0 aliphatic heterocycles. The zero-order valence-electron chi connectivity index (χ0n) is 9.01. The van der Waals surface area contributed by atoms with Crippen molar-refractivity contribution in [3.05, 3.63) is 42.1 Å². The molecule has 0 radical (unpaired) electrons. The van der Waals surface area contributed by atoms with Crippen LogP contribution in [0.25, 0.3) is 0 Å². The van der Waals surface area contributed by atoms with E-state index in [0.29, 0.717) is 24.1 Å². The van der Waals surface area contributed by atoms with E-state index in [9.17, 15) is 0 Å². The molecule has 0 saturated heterocycles. The third-order valence-corrected chi connectivity index (χ3v) is 2.94. The van der Waals surface area contributed by atoms with E-state index < -0.39 is 0 Å². The van der Waals surface area contributed by atoms with Crippen molar-refractivity contribution in [3.63, 3.8) is 0 Å². The molecule has 0 fully saturated rings. The van der Waals surface area contributed by atoms with Crippen LogP contribution in [0, 0.1) is 0 Å². The number of rotatable bonds is 5. The molecule has 0 amide bonds. The Morgan fingerprint density at radius 1 is 1.19 bits per heavy atom. The number of nitrogens with one attached hydrogen (secondary N) is 1. The first-order valence-corrected chi connectivity index (χ1v) is 6.01. The summed E-state index contributed by atoms with van der Waals surface area (Å²) in [6.07, 6.45) is 0. The average molecular weight is 235 g/mol. The molecule has 0 bridgehead atoms. The van der Waals surface area contributed by atoms with Crippen LogP contribution in [0.15, 0.2) is 39.6 Å². The van der Waals surface area contributed by atoms with E-state index in [-0.39, 0.29) is 0 Å². The van der Waals surface area contributed by atoms with Gasteiger partial charge in [-0.3, -0.25) is 0 Å². The summed E-state index contributed by atoms with van der Waals surface area (Å²) in [6.45, 7) is 0.614. The molecule has 0 spiro atoms. The smallest absolute Gasteiger partial charge is 0.230 e. The topological polar surface area (TPSA) is 51.0 Å². The fourth-order valence-corrected chi connectivity index (χ4v) is 1.99. The maximum absolute atomic E-state index is 5.44. The number of benzene rings is 1. The monoisotopic (exact) mass is 235 g/mol. The van der Waals surface area contributed by atoms with Crippen molar-refractivity contribution in [2.45, 2.75) is 17.2 Å². The first kappa shape index (κ1) is 11.2. The summed E-state index contributed by atoms with van der Waals surface area (Å²) in [5.41, 5.74) is 0. The second-order valence-corrected chi connectivity index (χ2v) is 4.27. The minimum atomic E-state index is 0.614. The predicted octanol–water partition coefficient (Wildman–Crippen LogP) is 2.08. The van der Waals surface area contributed by atoms with Crippen LogP contribution in [0.2, 0.25) is 0 Å². The summed E-state index contributed by atoms with van der Waals surface area (Å²) in [5.74, 6) is 2.01. The second-order valence-electron chi connectivity index (χ2n) is 3.22. The Hall–Kier alpha value is -1.33. The fourth-order valence-electron chi connectivity index (χ4n) is 1.23. The lowest BCUT2D eigenvalue weighted by Crippen LogP contribution is -2.04. The van der Waals surface area contributed by atoms with E-state index in [1.807, 2.05) is 25.2 Å². The highest BCUT2D eigenvalue weighted by atomic mass is 32.2. The molecule has 0 aliphatic rings. The molecular formula is C11H13N3OS. The molecule has 2 rings (SSSR count). The SMILES string of the molecule is CNCc1nnc(CSc2ccccc2)o1. The minimum Gasteiger partial charge on any atom is -0.423 e. The van der Waals surface area contributed by atoms with Gasteiger partial charge in [0.1, 0.15) is 0 Å². The van der Waals surface area contributed by atoms with Gasteiger partial charge < -0.3 is 9.73 Å². The van der Waals surface area contributed by atoms with Crippen LogP contribution in [0.3, 0.4) is 0 Å². The lowest BCUT2D eigenvalue weighted by molar-refractivity contribution is 0.453. The van der Waals surface area contributed by atoms with Gasteiger partial charge in [-0.2, -0.15) is 0 Å². The van der Waals surface area contributed by atoms with Crippen LogP contribution in [0.4, 0.5) is 0 Å². The lowest BCUT2D eigenvalue weighted by atomic mass is 10.4. The molecule has 0 aliphatic carbocycles. The zero-order chi connectivity index (χ0) is 11.2. The van der Waals surface area contributed by atoms with Gasteiger partial charge in [0.15, 0.2) is 0 Å². The van der Waals surface area contributed by atoms with E-state index in [4.69, 9.17) is 4.42 Å². The van der Waals surface area contributed by atoms with E-state index >= 15 is 0 Å². The molecule has 1 aromatic heterocycles. The van der Waals surface area contributed by atoms with Crippen LogP contribution in [-0.2, 0) is 12.3 Å². The van der Waals surface area contributed by atoms with Gasteiger partial charge >= 0.3 is 0 Å². The van der Waals surface area contributed by atoms with Crippen molar-refractivity contribution >= 4 is 11.8 Å². The maximum Gasteiger partial charge on any atom is 0.230 e. The molecule has 5 heteroatoms. The second kappa shape index (κ2) is 5.67. The van der Waals surface area contributed by atoms with Crippen LogP contribution in [-0.4, -0.2) is 17.2 Å². The van der Waals surface area contributed by atoms with Gasteiger partial charge in [-0.1, -0.05) is 18.2 Å². The molecule has 0 atom stereocenters. The van der Waals surface area contributed by atoms with Gasteiger partial charge in [0.25, 0.3) is 0 Å². The molecule has 2 aromatic rings. The molecule has 4 nitrogen and oxygen atoms in total. The van der Waals surface area contributed by atoms with Gasteiger partial charge in [0, 0.05) is 4.90 Å². The summed E-state index contributed by atoms with van der Waals surface area (Å²) in [6, 6.07) is 10.2. The fraction of sp³-hybridized carbons (Fsp3) is 0.273. The molecule has 84 valence electrons. The molecule has 1 heterocycles. The maximum atomic E-state index is 5.44. The molecule has 0 saturated carbocycles. The number of aromatic nitrogens is 2. The summed E-state index contributed by atoms with van der Waals surface area (Å²) in [7, 11) is 1.85. The summed E-state index contributed by atoms with van der Waals surface area (Å²) >= 11 is 1.69. The summed E-state index contributed by atoms with van der Waals surface area (Å²) < 4.78 is 5.44. The van der Waals surface area contributed by atoms with Gasteiger partial charge in [-0.15, -0.1) is 22.0 Å². The van der Waals surface area contributed by atoms with Gasteiger partial charge in [-0.05, 0) is 19.2 Å². The van der Waals surface area contributed by atoms with Gasteiger partial charge in [-0.25, -0.2) is 0 Å². The molecule has 16 heavy (non-hydrogen) atoms. The highest BCUT2D eigenvalue weighted by Gasteiger charge is 2.05. The Labute approximate surface area is 98.5 Å². The van der Waals surface area contributed by atoms with Crippen LogP contribution in [0.1, 0.15) is 11.8 Å². The third-order valence-electron chi connectivity index (χ3n) is 1.94. The Kier molecular flexibility index (Phi) is 3.96. The first-order chi connectivity index (χ1) is 7.88. The van der Waals surface area contributed by atoms with Gasteiger partial charge in [0.2, 0.25) is 11.8 Å². The minimum absolute atomic E-state index is 0.614. The van der Waals surface area contributed by atoms with Crippen molar-refractivity contribution in [3.8, 4) is 0 Å². The van der Waals surface area contributed by atoms with Crippen molar-refractivity contribution < 1.29 is 4.42 Å². The number of thioether (sulfide) groups is 1. The first-order valence-electron chi connectivity index (χ1n) is 5.02. The third kappa shape index (κ3) is 3.08. The van der Waals surface area contributed by atoms with E-state index in [2.05, 4.69) is 27.6 Å². The molecule has 1 N–H and O–H groups in total. The highest BCUT2D eigenvalue weighted by Crippen LogP contribution is 2.21. The van der Waals surface area contributed by atoms with Crippen molar-refractivity contribution in [2.24, 2.45) is 0 Å². The number of nitrogens with zero attached hydrogens (tertiary/aromatic N) is 2. The number of hydrogen-bond donors (Lipinski definition) is 1. The number of hydrogen-bond acceptors (Lipinski definition) is 5. The van der Waals surface area contributed by atoms with Crippen molar-refractivity contribution in [1.29, 1.82) is 0 Å². The summed E-state index contributed by atoms with van der Waals surface area (Å²) in [5, 5.41) is 10.9. The molecule has 1 aromatic carbocycles. The molecular weight excluding hydrogens is 222 g/mol. The van der Waals surface area contributed by atoms with E-state index in [1.54, 1.807) is 11.8 Å².